The minimum absolute atomic E-state index is 0.344. The van der Waals surface area contributed by atoms with E-state index in [1.165, 1.54) is 0 Å². The molecule has 1 aromatic rings. The molecule has 2 rings (SSSR count). The van der Waals surface area contributed by atoms with E-state index in [0.29, 0.717) is 12.2 Å². The zero-order chi connectivity index (χ0) is 12.4. The fourth-order valence-electron chi connectivity index (χ4n) is 1.59. The van der Waals surface area contributed by atoms with E-state index in [1.807, 2.05) is 18.2 Å². The van der Waals surface area contributed by atoms with Crippen molar-refractivity contribution in [1.29, 1.82) is 0 Å². The first kappa shape index (κ1) is 11.9. The predicted octanol–water partition coefficient (Wildman–Crippen LogP) is 2.67. The lowest BCUT2D eigenvalue weighted by Crippen LogP contribution is -2.37. The normalized spacial score (nSPS) is 23.6. The molecule has 0 saturated heterocycles. The van der Waals surface area contributed by atoms with Crippen molar-refractivity contribution in [1.82, 2.24) is 0 Å². The summed E-state index contributed by atoms with van der Waals surface area (Å²) in [5.41, 5.74) is 0. The fraction of sp³-hybridized carbons (Fsp3) is 0.231. The number of hydrogen-bond donors (Lipinski definition) is 0. The Hall–Kier alpha value is -1.55. The van der Waals surface area contributed by atoms with Crippen LogP contribution in [0.3, 0.4) is 0 Å². The van der Waals surface area contributed by atoms with Crippen molar-refractivity contribution in [2.75, 3.05) is 0 Å². The Bertz CT molecular complexity index is 543. The topological polar surface area (TPSA) is 43.4 Å². The van der Waals surface area contributed by atoms with Crippen LogP contribution < -0.4 is 4.18 Å². The van der Waals surface area contributed by atoms with Gasteiger partial charge in [0, 0.05) is 0 Å². The largest absolute Gasteiger partial charge is 0.382 e. The third kappa shape index (κ3) is 2.42. The minimum atomic E-state index is -3.67. The van der Waals surface area contributed by atoms with Gasteiger partial charge in [-0.2, -0.15) is 8.42 Å². The molecule has 0 amide bonds. The summed E-state index contributed by atoms with van der Waals surface area (Å²) in [6, 6.07) is 8.55. The molecule has 0 heterocycles. The second-order valence-corrected chi connectivity index (χ2v) is 6.16. The minimum Gasteiger partial charge on any atom is -0.382 e. The maximum atomic E-state index is 12.2. The molecule has 0 aromatic heterocycles. The van der Waals surface area contributed by atoms with Gasteiger partial charge in [-0.25, -0.2) is 0 Å². The van der Waals surface area contributed by atoms with Gasteiger partial charge in [0.2, 0.25) is 0 Å². The zero-order valence-corrected chi connectivity index (χ0v) is 10.4. The summed E-state index contributed by atoms with van der Waals surface area (Å²) in [5.74, 6) is 0.344. The van der Waals surface area contributed by atoms with E-state index in [1.54, 1.807) is 43.3 Å². The van der Waals surface area contributed by atoms with E-state index in [0.717, 1.165) is 0 Å². The van der Waals surface area contributed by atoms with Gasteiger partial charge >= 0.3 is 10.1 Å². The highest BCUT2D eigenvalue weighted by molar-refractivity contribution is 7.88. The fourth-order valence-corrected chi connectivity index (χ4v) is 2.69. The molecule has 1 aromatic carbocycles. The lowest BCUT2D eigenvalue weighted by molar-refractivity contribution is 0.456. The van der Waals surface area contributed by atoms with Crippen LogP contribution in [0, 0.1) is 0 Å². The van der Waals surface area contributed by atoms with Crippen LogP contribution in [0.4, 0.5) is 0 Å². The maximum absolute atomic E-state index is 12.2. The number of rotatable bonds is 3. The molecule has 90 valence electrons. The van der Waals surface area contributed by atoms with Crippen LogP contribution in [-0.4, -0.2) is 13.2 Å². The molecular weight excluding hydrogens is 236 g/mol. The van der Waals surface area contributed by atoms with E-state index >= 15 is 0 Å². The molecule has 4 heteroatoms. The first-order valence-electron chi connectivity index (χ1n) is 5.37. The van der Waals surface area contributed by atoms with Gasteiger partial charge in [0.15, 0.2) is 0 Å². The Morgan fingerprint density at radius 2 is 1.88 bits per heavy atom. The average molecular weight is 250 g/mol. The van der Waals surface area contributed by atoms with Crippen LogP contribution in [0.5, 0.6) is 5.75 Å². The summed E-state index contributed by atoms with van der Waals surface area (Å²) in [6.07, 6.45) is 7.48. The molecule has 1 unspecified atom stereocenters. The van der Waals surface area contributed by atoms with Crippen LogP contribution in [0.15, 0.2) is 54.6 Å². The molecule has 17 heavy (non-hydrogen) atoms. The quantitative estimate of drug-likeness (QED) is 0.775. The first-order chi connectivity index (χ1) is 8.04. The van der Waals surface area contributed by atoms with Crippen molar-refractivity contribution in [2.24, 2.45) is 0 Å². The Balaban J connectivity index is 2.26. The highest BCUT2D eigenvalue weighted by Crippen LogP contribution is 2.29. The van der Waals surface area contributed by atoms with E-state index < -0.39 is 14.9 Å². The van der Waals surface area contributed by atoms with E-state index in [9.17, 15) is 8.42 Å². The standard InChI is InChI=1S/C13H14O3S/c1-13(10-6-3-7-11-13)17(14,15)16-12-8-4-2-5-9-12/h2-10H,11H2,1H3. The van der Waals surface area contributed by atoms with Crippen molar-refractivity contribution in [3.8, 4) is 5.75 Å². The molecule has 0 fully saturated rings. The van der Waals surface area contributed by atoms with Gasteiger partial charge in [-0.05, 0) is 25.5 Å². The van der Waals surface area contributed by atoms with Crippen molar-refractivity contribution in [3.63, 3.8) is 0 Å². The van der Waals surface area contributed by atoms with Gasteiger partial charge < -0.3 is 4.18 Å². The molecular formula is C13H14O3S. The SMILES string of the molecule is CC1(S(=O)(=O)Oc2ccccc2)C=CC=CC1. The lowest BCUT2D eigenvalue weighted by Gasteiger charge is -2.25. The Labute approximate surface area is 102 Å². The van der Waals surface area contributed by atoms with E-state index in [4.69, 9.17) is 4.18 Å². The monoisotopic (exact) mass is 250 g/mol. The second-order valence-electron chi connectivity index (χ2n) is 4.15. The molecule has 0 bridgehead atoms. The number of hydrogen-bond acceptors (Lipinski definition) is 3. The van der Waals surface area contributed by atoms with Gasteiger partial charge in [0.1, 0.15) is 10.5 Å². The van der Waals surface area contributed by atoms with Crippen molar-refractivity contribution < 1.29 is 12.6 Å². The van der Waals surface area contributed by atoms with Gasteiger partial charge in [0.05, 0.1) is 0 Å². The summed E-state index contributed by atoms with van der Waals surface area (Å²) >= 11 is 0. The predicted molar refractivity (Wildman–Crippen MR) is 67.3 cm³/mol. The van der Waals surface area contributed by atoms with Gasteiger partial charge in [-0.3, -0.25) is 0 Å². The van der Waals surface area contributed by atoms with Crippen LogP contribution in [0.1, 0.15) is 13.3 Å². The van der Waals surface area contributed by atoms with Crippen molar-refractivity contribution in [3.05, 3.63) is 54.6 Å². The third-order valence-electron chi connectivity index (χ3n) is 2.74. The lowest BCUT2D eigenvalue weighted by atomic mass is 10.0. The molecule has 3 nitrogen and oxygen atoms in total. The number of allylic oxidation sites excluding steroid dienone is 3. The van der Waals surface area contributed by atoms with E-state index in [-0.39, 0.29) is 0 Å². The zero-order valence-electron chi connectivity index (χ0n) is 9.54. The second kappa shape index (κ2) is 4.37. The Kier molecular flexibility index (Phi) is 3.07. The van der Waals surface area contributed by atoms with Crippen LogP contribution in [0.2, 0.25) is 0 Å². The highest BCUT2D eigenvalue weighted by Gasteiger charge is 2.38. The van der Waals surface area contributed by atoms with Crippen LogP contribution in [0.25, 0.3) is 0 Å². The Morgan fingerprint density at radius 1 is 1.18 bits per heavy atom. The van der Waals surface area contributed by atoms with E-state index in [2.05, 4.69) is 0 Å². The molecule has 0 N–H and O–H groups in total. The van der Waals surface area contributed by atoms with Gasteiger partial charge in [0.25, 0.3) is 0 Å². The summed E-state index contributed by atoms with van der Waals surface area (Å²) < 4.78 is 28.5. The molecule has 0 radical (unpaired) electrons. The highest BCUT2D eigenvalue weighted by atomic mass is 32.2. The van der Waals surface area contributed by atoms with Gasteiger partial charge in [-0.15, -0.1) is 0 Å². The molecule has 1 aliphatic carbocycles. The summed E-state index contributed by atoms with van der Waals surface area (Å²) in [7, 11) is -3.67. The summed E-state index contributed by atoms with van der Waals surface area (Å²) in [4.78, 5) is 0. The van der Waals surface area contributed by atoms with Crippen molar-refractivity contribution >= 4 is 10.1 Å². The summed E-state index contributed by atoms with van der Waals surface area (Å²) in [5, 5.41) is 0. The van der Waals surface area contributed by atoms with Gasteiger partial charge in [-0.1, -0.05) is 42.5 Å². The smallest absolute Gasteiger partial charge is 0.318 e. The van der Waals surface area contributed by atoms with Crippen LogP contribution in [-0.2, 0) is 10.1 Å². The number of para-hydroxylation sites is 1. The molecule has 0 aliphatic heterocycles. The third-order valence-corrected chi connectivity index (χ3v) is 4.60. The molecule has 0 saturated carbocycles. The number of benzene rings is 1. The maximum Gasteiger partial charge on any atom is 0.318 e. The molecule has 1 aliphatic rings. The molecule has 1 atom stereocenters. The van der Waals surface area contributed by atoms with Crippen LogP contribution >= 0.6 is 0 Å². The Morgan fingerprint density at radius 3 is 2.47 bits per heavy atom. The first-order valence-corrected chi connectivity index (χ1v) is 6.78. The van der Waals surface area contributed by atoms with Crippen molar-refractivity contribution in [2.45, 2.75) is 18.1 Å². The summed E-state index contributed by atoms with van der Waals surface area (Å²) in [6.45, 7) is 1.66. The average Bonchev–Trinajstić information content (AvgIpc) is 2.30. The molecule has 0 spiro atoms.